The Labute approximate surface area is 162 Å². The largest absolute Gasteiger partial charge is 0.351 e. The Bertz CT molecular complexity index is 1070. The summed E-state index contributed by atoms with van der Waals surface area (Å²) in [6, 6.07) is 11.5. The molecule has 4 heterocycles. The van der Waals surface area contributed by atoms with Crippen LogP contribution in [0.3, 0.4) is 0 Å². The molecule has 28 heavy (non-hydrogen) atoms. The quantitative estimate of drug-likeness (QED) is 0.747. The Hall–Kier alpha value is -3.40. The normalized spacial score (nSPS) is 21.5. The van der Waals surface area contributed by atoms with Gasteiger partial charge in [0, 0.05) is 24.8 Å². The maximum absolute atomic E-state index is 13.2. The standard InChI is InChI=1S/C21H20N6O/c22-12-14-3-5-15(6-4-14)21(28)27-10-1-2-17-18(27)8-11-26(17)20-16-7-9-23-19(16)24-13-25-20/h3-7,9,13,17-18H,1-2,8,10-11H2,(H,23,24,25)/t17-,18-/m1/s1. The molecule has 1 N–H and O–H groups in total. The Morgan fingerprint density at radius 2 is 1.96 bits per heavy atom. The first-order chi connectivity index (χ1) is 13.8. The van der Waals surface area contributed by atoms with E-state index in [1.165, 1.54) is 0 Å². The molecule has 0 spiro atoms. The number of H-pyrrole nitrogens is 1. The van der Waals surface area contributed by atoms with E-state index in [9.17, 15) is 4.79 Å². The summed E-state index contributed by atoms with van der Waals surface area (Å²) >= 11 is 0. The number of fused-ring (bicyclic) bond motifs is 2. The fraction of sp³-hybridized carbons (Fsp3) is 0.333. The van der Waals surface area contributed by atoms with Gasteiger partial charge in [0.25, 0.3) is 5.91 Å². The van der Waals surface area contributed by atoms with Gasteiger partial charge in [-0.15, -0.1) is 0 Å². The number of amides is 1. The number of benzene rings is 1. The van der Waals surface area contributed by atoms with Crippen LogP contribution in [0.4, 0.5) is 5.82 Å². The van der Waals surface area contributed by atoms with Crippen LogP contribution in [0.25, 0.3) is 11.0 Å². The second-order valence-corrected chi connectivity index (χ2v) is 7.38. The molecule has 1 amide bonds. The number of hydrogen-bond acceptors (Lipinski definition) is 5. The molecular formula is C21H20N6O. The molecular weight excluding hydrogens is 352 g/mol. The van der Waals surface area contributed by atoms with Crippen LogP contribution in [-0.4, -0.2) is 50.9 Å². The molecule has 2 atom stereocenters. The minimum Gasteiger partial charge on any atom is -0.351 e. The first-order valence-corrected chi connectivity index (χ1v) is 9.62. The van der Waals surface area contributed by atoms with Crippen LogP contribution in [0.15, 0.2) is 42.9 Å². The number of nitrogens with zero attached hydrogens (tertiary/aromatic N) is 5. The van der Waals surface area contributed by atoms with Crippen LogP contribution in [0.1, 0.15) is 35.2 Å². The van der Waals surface area contributed by atoms with Crippen molar-refractivity contribution in [2.24, 2.45) is 0 Å². The van der Waals surface area contributed by atoms with E-state index in [1.807, 2.05) is 17.2 Å². The molecule has 7 nitrogen and oxygen atoms in total. The summed E-state index contributed by atoms with van der Waals surface area (Å²) in [6.07, 6.45) is 6.45. The molecule has 7 heteroatoms. The lowest BCUT2D eigenvalue weighted by Crippen LogP contribution is -2.52. The lowest BCUT2D eigenvalue weighted by molar-refractivity contribution is 0.0608. The van der Waals surface area contributed by atoms with Crippen molar-refractivity contribution in [1.29, 1.82) is 5.26 Å². The van der Waals surface area contributed by atoms with Crippen molar-refractivity contribution in [3.63, 3.8) is 0 Å². The molecule has 1 aromatic carbocycles. The van der Waals surface area contributed by atoms with Crippen LogP contribution >= 0.6 is 0 Å². The van der Waals surface area contributed by atoms with Crippen molar-refractivity contribution in [1.82, 2.24) is 19.9 Å². The van der Waals surface area contributed by atoms with Crippen molar-refractivity contribution in [2.45, 2.75) is 31.3 Å². The summed E-state index contributed by atoms with van der Waals surface area (Å²) in [4.78, 5) is 29.5. The minimum absolute atomic E-state index is 0.0514. The zero-order valence-electron chi connectivity index (χ0n) is 15.4. The predicted octanol–water partition coefficient (Wildman–Crippen LogP) is 2.71. The van der Waals surface area contributed by atoms with Gasteiger partial charge < -0.3 is 14.8 Å². The third-order valence-corrected chi connectivity index (χ3v) is 5.94. The van der Waals surface area contributed by atoms with Crippen LogP contribution in [-0.2, 0) is 0 Å². The molecule has 5 rings (SSSR count). The molecule has 0 saturated carbocycles. The summed E-state index contributed by atoms with van der Waals surface area (Å²) in [7, 11) is 0. The number of hydrogen-bond donors (Lipinski definition) is 1. The van der Waals surface area contributed by atoms with Crippen molar-refractivity contribution >= 4 is 22.8 Å². The number of piperidine rings is 1. The van der Waals surface area contributed by atoms with Gasteiger partial charge in [0.1, 0.15) is 17.8 Å². The van der Waals surface area contributed by atoms with Gasteiger partial charge in [-0.1, -0.05) is 0 Å². The summed E-state index contributed by atoms with van der Waals surface area (Å²) < 4.78 is 0. The number of likely N-dealkylation sites (tertiary alicyclic amines) is 1. The summed E-state index contributed by atoms with van der Waals surface area (Å²) in [5.41, 5.74) is 2.06. The summed E-state index contributed by atoms with van der Waals surface area (Å²) in [6.45, 7) is 1.65. The van der Waals surface area contributed by atoms with Gasteiger partial charge >= 0.3 is 0 Å². The fourth-order valence-corrected chi connectivity index (χ4v) is 4.64. The number of anilines is 1. The average Bonchev–Trinajstić information content (AvgIpc) is 3.40. The number of nitrogens with one attached hydrogen (secondary N) is 1. The van der Waals surface area contributed by atoms with Gasteiger partial charge in [-0.05, 0) is 49.6 Å². The van der Waals surface area contributed by atoms with Crippen molar-refractivity contribution in [3.8, 4) is 6.07 Å². The molecule has 2 aliphatic heterocycles. The van der Waals surface area contributed by atoms with E-state index in [0.29, 0.717) is 11.1 Å². The third kappa shape index (κ3) is 2.61. The third-order valence-electron chi connectivity index (χ3n) is 5.94. The van der Waals surface area contributed by atoms with Gasteiger partial charge in [0.15, 0.2) is 0 Å². The van der Waals surface area contributed by atoms with Crippen LogP contribution < -0.4 is 4.90 Å². The van der Waals surface area contributed by atoms with E-state index in [2.05, 4.69) is 25.9 Å². The van der Waals surface area contributed by atoms with Gasteiger partial charge in [0.2, 0.25) is 0 Å². The molecule has 2 fully saturated rings. The molecule has 0 aliphatic carbocycles. The van der Waals surface area contributed by atoms with Gasteiger partial charge in [0.05, 0.1) is 29.1 Å². The Balaban J connectivity index is 1.43. The highest BCUT2D eigenvalue weighted by atomic mass is 16.2. The highest BCUT2D eigenvalue weighted by molar-refractivity contribution is 5.95. The number of carbonyl (C=O) groups excluding carboxylic acids is 1. The van der Waals surface area contributed by atoms with E-state index in [1.54, 1.807) is 30.6 Å². The molecule has 0 radical (unpaired) electrons. The van der Waals surface area contributed by atoms with Crippen LogP contribution in [0, 0.1) is 11.3 Å². The Kier molecular flexibility index (Phi) is 3.97. The topological polar surface area (TPSA) is 88.9 Å². The number of carbonyl (C=O) groups is 1. The van der Waals surface area contributed by atoms with E-state index in [-0.39, 0.29) is 18.0 Å². The lowest BCUT2D eigenvalue weighted by atomic mass is 9.95. The van der Waals surface area contributed by atoms with Gasteiger partial charge in [-0.3, -0.25) is 4.79 Å². The second kappa shape index (κ2) is 6.64. The van der Waals surface area contributed by atoms with E-state index >= 15 is 0 Å². The zero-order chi connectivity index (χ0) is 19.1. The van der Waals surface area contributed by atoms with Crippen LogP contribution in [0.5, 0.6) is 0 Å². The molecule has 2 aliphatic rings. The highest BCUT2D eigenvalue weighted by Crippen LogP contribution is 2.36. The maximum Gasteiger partial charge on any atom is 0.254 e. The number of aromatic nitrogens is 3. The molecule has 2 saturated heterocycles. The van der Waals surface area contributed by atoms with E-state index in [4.69, 9.17) is 5.26 Å². The minimum atomic E-state index is 0.0514. The van der Waals surface area contributed by atoms with Crippen molar-refractivity contribution in [3.05, 3.63) is 54.0 Å². The lowest BCUT2D eigenvalue weighted by Gasteiger charge is -2.40. The Morgan fingerprint density at radius 1 is 1.11 bits per heavy atom. The summed E-state index contributed by atoms with van der Waals surface area (Å²) in [5, 5.41) is 10.00. The number of aromatic amines is 1. The first kappa shape index (κ1) is 16.8. The first-order valence-electron chi connectivity index (χ1n) is 9.62. The number of rotatable bonds is 2. The molecule has 3 aromatic rings. The van der Waals surface area contributed by atoms with Crippen molar-refractivity contribution in [2.75, 3.05) is 18.0 Å². The molecule has 2 aromatic heterocycles. The predicted molar refractivity (Wildman–Crippen MR) is 105 cm³/mol. The van der Waals surface area contributed by atoms with E-state index < -0.39 is 0 Å². The molecule has 140 valence electrons. The SMILES string of the molecule is N#Cc1ccc(C(=O)N2CCC[C@@H]3[C@H]2CCN3c2ncnc3[nH]ccc23)cc1. The van der Waals surface area contributed by atoms with Crippen LogP contribution in [0.2, 0.25) is 0 Å². The maximum atomic E-state index is 13.2. The molecule has 0 bridgehead atoms. The van der Waals surface area contributed by atoms with Gasteiger partial charge in [-0.2, -0.15) is 5.26 Å². The second-order valence-electron chi connectivity index (χ2n) is 7.38. The van der Waals surface area contributed by atoms with E-state index in [0.717, 1.165) is 49.2 Å². The average molecular weight is 372 g/mol. The molecule has 0 unspecified atom stereocenters. The summed E-state index contributed by atoms with van der Waals surface area (Å²) in [5.74, 6) is 1.00. The monoisotopic (exact) mass is 372 g/mol. The highest BCUT2D eigenvalue weighted by Gasteiger charge is 2.43. The fourth-order valence-electron chi connectivity index (χ4n) is 4.64. The van der Waals surface area contributed by atoms with Crippen molar-refractivity contribution < 1.29 is 4.79 Å². The van der Waals surface area contributed by atoms with Gasteiger partial charge in [-0.25, -0.2) is 9.97 Å². The Morgan fingerprint density at radius 3 is 2.79 bits per heavy atom. The smallest absolute Gasteiger partial charge is 0.254 e. The zero-order valence-corrected chi connectivity index (χ0v) is 15.4. The number of nitriles is 1.